The molecule has 202 valence electrons. The number of carbonyl (C=O) groups excluding carboxylic acids is 2. The predicted octanol–water partition coefficient (Wildman–Crippen LogP) is 6.32. The number of nitrogens with zero attached hydrogens (tertiary/aromatic N) is 1. The van der Waals surface area contributed by atoms with Crippen LogP contribution in [-0.2, 0) is 16.0 Å². The van der Waals surface area contributed by atoms with Crippen LogP contribution in [-0.4, -0.2) is 31.9 Å². The van der Waals surface area contributed by atoms with Crippen LogP contribution >= 0.6 is 11.6 Å². The second-order valence-corrected chi connectivity index (χ2v) is 11.4. The lowest BCUT2D eigenvalue weighted by Gasteiger charge is -2.37. The summed E-state index contributed by atoms with van der Waals surface area (Å²) in [6, 6.07) is 22.9. The van der Waals surface area contributed by atoms with Gasteiger partial charge in [-0.1, -0.05) is 61.8 Å². The molecule has 1 unspecified atom stereocenters. The number of allylic oxidation sites excluding steroid dienone is 1. The molecule has 39 heavy (non-hydrogen) atoms. The Morgan fingerprint density at radius 3 is 2.49 bits per heavy atom. The number of rotatable bonds is 7. The normalized spacial score (nSPS) is 18.0. The van der Waals surface area contributed by atoms with Crippen molar-refractivity contribution in [2.45, 2.75) is 39.2 Å². The average Bonchev–Trinajstić information content (AvgIpc) is 3.03. The minimum absolute atomic E-state index is 0.0993. The summed E-state index contributed by atoms with van der Waals surface area (Å²) in [5.74, 6) is 0.801. The zero-order valence-corrected chi connectivity index (χ0v) is 23.3. The Bertz CT molecular complexity index is 1400. The first-order chi connectivity index (χ1) is 18.7. The number of methoxy groups -OCH3 is 1. The summed E-state index contributed by atoms with van der Waals surface area (Å²) in [6.07, 6.45) is 1.90. The highest BCUT2D eigenvalue weighted by Gasteiger charge is 2.41. The molecular formula is C32H34ClN3O3. The number of fused-ring (bicyclic) bond motifs is 1. The number of benzene rings is 3. The maximum atomic E-state index is 13.7. The van der Waals surface area contributed by atoms with Gasteiger partial charge in [-0.3, -0.25) is 9.59 Å². The summed E-state index contributed by atoms with van der Waals surface area (Å²) in [5, 5.41) is 7.29. The van der Waals surface area contributed by atoms with Crippen molar-refractivity contribution in [2.75, 3.05) is 30.4 Å². The molecule has 0 bridgehead atoms. The Morgan fingerprint density at radius 1 is 1.05 bits per heavy atom. The molecule has 7 heteroatoms. The second kappa shape index (κ2) is 11.1. The van der Waals surface area contributed by atoms with Gasteiger partial charge >= 0.3 is 0 Å². The van der Waals surface area contributed by atoms with Crippen LogP contribution in [0.1, 0.15) is 43.9 Å². The summed E-state index contributed by atoms with van der Waals surface area (Å²) in [5.41, 5.74) is 5.29. The Morgan fingerprint density at radius 2 is 1.77 bits per heavy atom. The molecule has 1 aliphatic heterocycles. The fourth-order valence-electron chi connectivity index (χ4n) is 5.57. The average molecular weight is 544 g/mol. The first-order valence-corrected chi connectivity index (χ1v) is 13.7. The van der Waals surface area contributed by atoms with E-state index in [1.807, 2.05) is 77.7 Å². The van der Waals surface area contributed by atoms with E-state index in [0.717, 1.165) is 45.9 Å². The Labute approximate surface area is 235 Å². The van der Waals surface area contributed by atoms with Gasteiger partial charge in [-0.15, -0.1) is 0 Å². The molecule has 0 aromatic heterocycles. The fraction of sp³-hybridized carbons (Fsp3) is 0.312. The Kier molecular flexibility index (Phi) is 7.67. The standard InChI is InChI=1S/C32H34ClN3O3/c1-32(2)18-26-30(28(37)19-32)31(22-10-12-23(33)13-11-22)36(27-7-5-4-6-25(27)35-26)20-29(38)34-17-16-21-8-14-24(39-3)15-9-21/h4-15,31,35H,16-20H2,1-3H3,(H,34,38). The van der Waals surface area contributed by atoms with Gasteiger partial charge in [0.15, 0.2) is 5.78 Å². The molecule has 1 atom stereocenters. The third-order valence-electron chi connectivity index (χ3n) is 7.40. The van der Waals surface area contributed by atoms with Crippen LogP contribution in [0.2, 0.25) is 5.02 Å². The molecule has 1 amide bonds. The van der Waals surface area contributed by atoms with Crippen molar-refractivity contribution in [1.82, 2.24) is 5.32 Å². The van der Waals surface area contributed by atoms with Crippen LogP contribution < -0.4 is 20.3 Å². The number of Topliss-reactive ketones (excluding diaryl/α,β-unsaturated/α-hetero) is 1. The van der Waals surface area contributed by atoms with Gasteiger partial charge < -0.3 is 20.3 Å². The number of ketones is 1. The van der Waals surface area contributed by atoms with Gasteiger partial charge in [0.2, 0.25) is 5.91 Å². The summed E-state index contributed by atoms with van der Waals surface area (Å²) in [6.45, 7) is 4.85. The number of hydrogen-bond acceptors (Lipinski definition) is 5. The molecule has 0 fully saturated rings. The van der Waals surface area contributed by atoms with Crippen molar-refractivity contribution >= 4 is 34.7 Å². The molecule has 0 radical (unpaired) electrons. The molecule has 2 N–H and O–H groups in total. The second-order valence-electron chi connectivity index (χ2n) is 11.0. The maximum absolute atomic E-state index is 13.7. The van der Waals surface area contributed by atoms with Crippen molar-refractivity contribution < 1.29 is 14.3 Å². The lowest BCUT2D eigenvalue weighted by Crippen LogP contribution is -2.42. The maximum Gasteiger partial charge on any atom is 0.239 e. The van der Waals surface area contributed by atoms with Crippen molar-refractivity contribution in [3.8, 4) is 5.75 Å². The number of hydrogen-bond donors (Lipinski definition) is 2. The zero-order valence-electron chi connectivity index (χ0n) is 22.6. The van der Waals surface area contributed by atoms with E-state index in [4.69, 9.17) is 16.3 Å². The summed E-state index contributed by atoms with van der Waals surface area (Å²) >= 11 is 6.24. The monoisotopic (exact) mass is 543 g/mol. The van der Waals surface area contributed by atoms with Gasteiger partial charge in [-0.05, 0) is 65.8 Å². The molecule has 1 aliphatic carbocycles. The van der Waals surface area contributed by atoms with Crippen molar-refractivity contribution in [3.05, 3.63) is 100 Å². The minimum atomic E-state index is -0.427. The zero-order chi connectivity index (χ0) is 27.6. The topological polar surface area (TPSA) is 70.7 Å². The molecule has 5 rings (SSSR count). The number of para-hydroxylation sites is 2. The largest absolute Gasteiger partial charge is 0.497 e. The number of nitrogens with one attached hydrogen (secondary N) is 2. The van der Waals surface area contributed by atoms with Crippen LogP contribution in [0.5, 0.6) is 5.75 Å². The van der Waals surface area contributed by atoms with Gasteiger partial charge in [0.05, 0.1) is 31.1 Å². The van der Waals surface area contributed by atoms with E-state index in [1.165, 1.54) is 0 Å². The molecule has 3 aromatic carbocycles. The molecule has 1 heterocycles. The van der Waals surface area contributed by atoms with Crippen molar-refractivity contribution in [2.24, 2.45) is 5.41 Å². The van der Waals surface area contributed by atoms with E-state index in [-0.39, 0.29) is 23.7 Å². The van der Waals surface area contributed by atoms with Gasteiger partial charge in [0.1, 0.15) is 5.75 Å². The number of halogens is 1. The SMILES string of the molecule is COc1ccc(CCNC(=O)CN2c3ccccc3NC3=C(C(=O)CC(C)(C)C3)C2c2ccc(Cl)cc2)cc1. The lowest BCUT2D eigenvalue weighted by atomic mass is 9.73. The number of anilines is 2. The summed E-state index contributed by atoms with van der Waals surface area (Å²) in [7, 11) is 1.64. The number of amides is 1. The molecular weight excluding hydrogens is 510 g/mol. The van der Waals surface area contributed by atoms with Crippen molar-refractivity contribution in [1.29, 1.82) is 0 Å². The van der Waals surface area contributed by atoms with Gasteiger partial charge in [-0.2, -0.15) is 0 Å². The first kappa shape index (κ1) is 26.8. The highest BCUT2D eigenvalue weighted by atomic mass is 35.5. The molecule has 0 saturated carbocycles. The van der Waals surface area contributed by atoms with E-state index >= 15 is 0 Å². The van der Waals surface area contributed by atoms with Crippen LogP contribution in [0, 0.1) is 5.41 Å². The Balaban J connectivity index is 1.47. The van der Waals surface area contributed by atoms with E-state index in [0.29, 0.717) is 24.4 Å². The first-order valence-electron chi connectivity index (χ1n) is 13.3. The summed E-state index contributed by atoms with van der Waals surface area (Å²) < 4.78 is 5.23. The molecule has 0 saturated heterocycles. The Hall–Kier alpha value is -3.77. The van der Waals surface area contributed by atoms with E-state index < -0.39 is 6.04 Å². The minimum Gasteiger partial charge on any atom is -0.497 e. The van der Waals surface area contributed by atoms with Crippen molar-refractivity contribution in [3.63, 3.8) is 0 Å². The number of ether oxygens (including phenoxy) is 1. The third kappa shape index (κ3) is 5.96. The molecule has 3 aromatic rings. The van der Waals surface area contributed by atoms with Gasteiger partial charge in [-0.25, -0.2) is 0 Å². The van der Waals surface area contributed by atoms with E-state index in [2.05, 4.69) is 24.5 Å². The van der Waals surface area contributed by atoms with E-state index in [9.17, 15) is 9.59 Å². The van der Waals surface area contributed by atoms with Crippen LogP contribution in [0.4, 0.5) is 11.4 Å². The summed E-state index contributed by atoms with van der Waals surface area (Å²) in [4.78, 5) is 29.2. The number of carbonyl (C=O) groups is 2. The van der Waals surface area contributed by atoms with Crippen LogP contribution in [0.15, 0.2) is 84.1 Å². The molecule has 0 spiro atoms. The van der Waals surface area contributed by atoms with Gasteiger partial charge in [0, 0.05) is 29.3 Å². The smallest absolute Gasteiger partial charge is 0.239 e. The lowest BCUT2D eigenvalue weighted by molar-refractivity contribution is -0.120. The van der Waals surface area contributed by atoms with Crippen LogP contribution in [0.3, 0.4) is 0 Å². The van der Waals surface area contributed by atoms with Crippen LogP contribution in [0.25, 0.3) is 0 Å². The van der Waals surface area contributed by atoms with Gasteiger partial charge in [0.25, 0.3) is 0 Å². The predicted molar refractivity (Wildman–Crippen MR) is 156 cm³/mol. The highest BCUT2D eigenvalue weighted by molar-refractivity contribution is 6.30. The molecule has 2 aliphatic rings. The fourth-order valence-corrected chi connectivity index (χ4v) is 5.69. The highest BCUT2D eigenvalue weighted by Crippen LogP contribution is 2.48. The molecule has 6 nitrogen and oxygen atoms in total. The quantitative estimate of drug-likeness (QED) is 0.365. The third-order valence-corrected chi connectivity index (χ3v) is 7.65. The van der Waals surface area contributed by atoms with E-state index in [1.54, 1.807) is 7.11 Å².